The lowest BCUT2D eigenvalue weighted by Gasteiger charge is -2.13. The molecule has 0 aromatic heterocycles. The topological polar surface area (TPSA) is 12.4 Å². The van der Waals surface area contributed by atoms with E-state index in [1.807, 2.05) is 18.2 Å². The molecular formula is C19H21N. The van der Waals surface area contributed by atoms with Crippen LogP contribution >= 0.6 is 0 Å². The van der Waals surface area contributed by atoms with Gasteiger partial charge in [0.1, 0.15) is 0 Å². The third-order valence-corrected chi connectivity index (χ3v) is 3.84. The van der Waals surface area contributed by atoms with Crippen molar-refractivity contribution in [3.05, 3.63) is 65.2 Å². The van der Waals surface area contributed by atoms with Crippen molar-refractivity contribution in [2.24, 2.45) is 4.99 Å². The summed E-state index contributed by atoms with van der Waals surface area (Å²) in [7, 11) is 0. The van der Waals surface area contributed by atoms with Crippen molar-refractivity contribution in [3.63, 3.8) is 0 Å². The van der Waals surface area contributed by atoms with E-state index in [1.54, 1.807) is 0 Å². The Morgan fingerprint density at radius 2 is 1.45 bits per heavy atom. The van der Waals surface area contributed by atoms with Gasteiger partial charge in [0.15, 0.2) is 0 Å². The van der Waals surface area contributed by atoms with Gasteiger partial charge in [0.25, 0.3) is 0 Å². The van der Waals surface area contributed by atoms with Crippen molar-refractivity contribution in [1.82, 2.24) is 0 Å². The molecule has 0 radical (unpaired) electrons. The SMILES string of the molecule is C=Nc1ccccc1/C(C)=C(/C)c1ccccc1CC. The van der Waals surface area contributed by atoms with Crippen LogP contribution in [0.1, 0.15) is 37.5 Å². The van der Waals surface area contributed by atoms with Gasteiger partial charge in [-0.15, -0.1) is 0 Å². The molecule has 0 N–H and O–H groups in total. The molecule has 2 aromatic rings. The Bertz CT molecular complexity index is 650. The lowest BCUT2D eigenvalue weighted by molar-refractivity contribution is 1.13. The minimum absolute atomic E-state index is 0.943. The van der Waals surface area contributed by atoms with Crippen molar-refractivity contribution in [3.8, 4) is 0 Å². The maximum Gasteiger partial charge on any atom is 0.0697 e. The number of aliphatic imine (C=N–C) groups is 1. The highest BCUT2D eigenvalue weighted by atomic mass is 14.7. The Morgan fingerprint density at radius 3 is 2.10 bits per heavy atom. The number of para-hydroxylation sites is 1. The fourth-order valence-corrected chi connectivity index (χ4v) is 2.53. The molecule has 0 bridgehead atoms. The van der Waals surface area contributed by atoms with E-state index in [9.17, 15) is 0 Å². The lowest BCUT2D eigenvalue weighted by atomic mass is 9.92. The summed E-state index contributed by atoms with van der Waals surface area (Å²) in [5.41, 5.74) is 7.37. The normalized spacial score (nSPS) is 11.9. The second kappa shape index (κ2) is 6.33. The van der Waals surface area contributed by atoms with Crippen LogP contribution in [0, 0.1) is 0 Å². The first kappa shape index (κ1) is 14.3. The second-order valence-corrected chi connectivity index (χ2v) is 4.94. The van der Waals surface area contributed by atoms with Crippen molar-refractivity contribution in [2.75, 3.05) is 0 Å². The largest absolute Gasteiger partial charge is 0.264 e. The Labute approximate surface area is 121 Å². The van der Waals surface area contributed by atoms with E-state index in [0.29, 0.717) is 0 Å². The molecule has 0 amide bonds. The number of hydrogen-bond donors (Lipinski definition) is 0. The van der Waals surface area contributed by atoms with E-state index in [2.05, 4.69) is 62.8 Å². The Hall–Kier alpha value is -2.15. The number of aryl methyl sites for hydroxylation is 1. The molecular weight excluding hydrogens is 242 g/mol. The maximum absolute atomic E-state index is 4.13. The van der Waals surface area contributed by atoms with Crippen LogP contribution in [0.15, 0.2) is 53.5 Å². The van der Waals surface area contributed by atoms with Crippen LogP contribution in [-0.4, -0.2) is 6.72 Å². The van der Waals surface area contributed by atoms with Gasteiger partial charge in [0, 0.05) is 5.56 Å². The predicted molar refractivity (Wildman–Crippen MR) is 89.6 cm³/mol. The summed E-state index contributed by atoms with van der Waals surface area (Å²) in [6, 6.07) is 16.8. The second-order valence-electron chi connectivity index (χ2n) is 4.94. The van der Waals surface area contributed by atoms with Gasteiger partial charge in [0.2, 0.25) is 0 Å². The van der Waals surface area contributed by atoms with Crippen LogP contribution in [0.3, 0.4) is 0 Å². The van der Waals surface area contributed by atoms with Crippen LogP contribution < -0.4 is 0 Å². The van der Waals surface area contributed by atoms with Crippen molar-refractivity contribution in [2.45, 2.75) is 27.2 Å². The zero-order valence-electron chi connectivity index (χ0n) is 12.5. The van der Waals surface area contributed by atoms with Crippen LogP contribution in [0.4, 0.5) is 5.69 Å². The molecule has 0 spiro atoms. The number of allylic oxidation sites excluding steroid dienone is 2. The van der Waals surface area contributed by atoms with E-state index < -0.39 is 0 Å². The molecule has 0 saturated carbocycles. The zero-order chi connectivity index (χ0) is 14.5. The van der Waals surface area contributed by atoms with Gasteiger partial charge in [0.05, 0.1) is 5.69 Å². The minimum Gasteiger partial charge on any atom is -0.264 e. The predicted octanol–water partition coefficient (Wildman–Crippen LogP) is 5.53. The summed E-state index contributed by atoms with van der Waals surface area (Å²) in [5.74, 6) is 0. The molecule has 20 heavy (non-hydrogen) atoms. The van der Waals surface area contributed by atoms with Gasteiger partial charge in [-0.3, -0.25) is 4.99 Å². The number of nitrogens with zero attached hydrogens (tertiary/aromatic N) is 1. The molecule has 102 valence electrons. The van der Waals surface area contributed by atoms with Gasteiger partial charge in [-0.2, -0.15) is 0 Å². The van der Waals surface area contributed by atoms with Crippen molar-refractivity contribution in [1.29, 1.82) is 0 Å². The van der Waals surface area contributed by atoms with Crippen LogP contribution in [0.2, 0.25) is 0 Å². The highest BCUT2D eigenvalue weighted by molar-refractivity contribution is 5.92. The highest BCUT2D eigenvalue weighted by Gasteiger charge is 2.09. The first-order valence-electron chi connectivity index (χ1n) is 7.01. The lowest BCUT2D eigenvalue weighted by Crippen LogP contribution is -1.92. The summed E-state index contributed by atoms with van der Waals surface area (Å²) in [4.78, 5) is 4.13. The van der Waals surface area contributed by atoms with Gasteiger partial charge in [-0.05, 0) is 55.3 Å². The summed E-state index contributed by atoms with van der Waals surface area (Å²) in [6.07, 6.45) is 1.04. The number of benzene rings is 2. The molecule has 0 fully saturated rings. The Balaban J connectivity index is 2.59. The molecule has 0 aliphatic carbocycles. The fourth-order valence-electron chi connectivity index (χ4n) is 2.53. The molecule has 2 aromatic carbocycles. The zero-order valence-corrected chi connectivity index (χ0v) is 12.5. The Kier molecular flexibility index (Phi) is 4.52. The quantitative estimate of drug-likeness (QED) is 0.508. The van der Waals surface area contributed by atoms with Crippen molar-refractivity contribution < 1.29 is 0 Å². The molecule has 0 aliphatic heterocycles. The average Bonchev–Trinajstić information content (AvgIpc) is 2.53. The van der Waals surface area contributed by atoms with E-state index >= 15 is 0 Å². The van der Waals surface area contributed by atoms with Gasteiger partial charge in [-0.25, -0.2) is 0 Å². The average molecular weight is 263 g/mol. The monoisotopic (exact) mass is 263 g/mol. The van der Waals surface area contributed by atoms with Crippen LogP contribution in [0.5, 0.6) is 0 Å². The van der Waals surface area contributed by atoms with E-state index in [4.69, 9.17) is 0 Å². The number of hydrogen-bond acceptors (Lipinski definition) is 1. The van der Waals surface area contributed by atoms with E-state index in [0.717, 1.165) is 17.7 Å². The molecule has 0 saturated heterocycles. The molecule has 1 heteroatoms. The fraction of sp³-hybridized carbons (Fsp3) is 0.211. The molecule has 1 nitrogen and oxygen atoms in total. The van der Waals surface area contributed by atoms with Gasteiger partial charge >= 0.3 is 0 Å². The van der Waals surface area contributed by atoms with Gasteiger partial charge in [-0.1, -0.05) is 49.4 Å². The standard InChI is InChI=1S/C19H21N/c1-5-16-10-6-7-11-17(16)14(2)15(3)18-12-8-9-13-19(18)20-4/h6-13H,4-5H2,1-3H3/b15-14-. The first-order chi connectivity index (χ1) is 9.69. The van der Waals surface area contributed by atoms with E-state index in [-0.39, 0.29) is 0 Å². The minimum atomic E-state index is 0.943. The highest BCUT2D eigenvalue weighted by Crippen LogP contribution is 2.32. The van der Waals surface area contributed by atoms with E-state index in [1.165, 1.54) is 22.3 Å². The summed E-state index contributed by atoms with van der Waals surface area (Å²) in [5, 5.41) is 0. The summed E-state index contributed by atoms with van der Waals surface area (Å²) < 4.78 is 0. The third-order valence-electron chi connectivity index (χ3n) is 3.84. The summed E-state index contributed by atoms with van der Waals surface area (Å²) >= 11 is 0. The molecule has 0 unspecified atom stereocenters. The smallest absolute Gasteiger partial charge is 0.0697 e. The Morgan fingerprint density at radius 1 is 0.900 bits per heavy atom. The maximum atomic E-state index is 4.13. The molecule has 0 aliphatic rings. The van der Waals surface area contributed by atoms with Crippen LogP contribution in [-0.2, 0) is 6.42 Å². The summed E-state index contributed by atoms with van der Waals surface area (Å²) in [6.45, 7) is 10.2. The first-order valence-corrected chi connectivity index (χ1v) is 7.01. The molecule has 2 rings (SSSR count). The molecule has 0 atom stereocenters. The van der Waals surface area contributed by atoms with Gasteiger partial charge < -0.3 is 0 Å². The van der Waals surface area contributed by atoms with Crippen molar-refractivity contribution >= 4 is 23.6 Å². The van der Waals surface area contributed by atoms with Crippen LogP contribution in [0.25, 0.3) is 11.1 Å². The third kappa shape index (κ3) is 2.72. The number of rotatable bonds is 4. The molecule has 0 heterocycles.